The summed E-state index contributed by atoms with van der Waals surface area (Å²) in [5, 5.41) is 12.4. The van der Waals surface area contributed by atoms with Crippen LogP contribution in [0.2, 0.25) is 5.02 Å². The molecule has 0 aliphatic heterocycles. The fourth-order valence-electron chi connectivity index (χ4n) is 2.69. The Hall–Kier alpha value is -0.520. The molecule has 0 spiro atoms. The van der Waals surface area contributed by atoms with Crippen LogP contribution in [0.1, 0.15) is 24.3 Å². The molecule has 1 aliphatic carbocycles. The summed E-state index contributed by atoms with van der Waals surface area (Å²) < 4.78 is 3.29. The minimum Gasteiger partial charge on any atom is -0.382 e. The third-order valence-corrected chi connectivity index (χ3v) is 5.21. The maximum absolute atomic E-state index is 10.4. The maximum atomic E-state index is 10.4. The highest BCUT2D eigenvalue weighted by molar-refractivity contribution is 14.1. The van der Waals surface area contributed by atoms with Crippen molar-refractivity contribution in [2.75, 3.05) is 0 Å². The third-order valence-electron chi connectivity index (χ3n) is 3.75. The molecule has 1 aromatic carbocycles. The maximum Gasteiger partial charge on any atom is 0.116 e. The molecule has 1 atom stereocenters. The predicted octanol–water partition coefficient (Wildman–Crippen LogP) is 4.13. The van der Waals surface area contributed by atoms with Crippen LogP contribution >= 0.6 is 34.2 Å². The Bertz CT molecular complexity index is 687. The Balaban J connectivity index is 2.36. The lowest BCUT2D eigenvalue weighted by Crippen LogP contribution is -2.13. The number of aliphatic hydroxyl groups is 1. The topological polar surface area (TPSA) is 25.2 Å². The first kappa shape index (κ1) is 12.5. The minimum absolute atomic E-state index is 0.503. The molecule has 0 saturated carbocycles. The molecule has 0 bridgehead atoms. The summed E-state index contributed by atoms with van der Waals surface area (Å²) in [5.41, 5.74) is 4.38. The lowest BCUT2D eigenvalue weighted by atomic mass is 9.94. The van der Waals surface area contributed by atoms with Crippen molar-refractivity contribution in [3.8, 4) is 0 Å². The number of halogens is 2. The van der Waals surface area contributed by atoms with Gasteiger partial charge in [-0.05, 0) is 56.4 Å². The van der Waals surface area contributed by atoms with E-state index < -0.39 is 6.10 Å². The lowest BCUT2D eigenvalue weighted by molar-refractivity contribution is 0.203. The van der Waals surface area contributed by atoms with Crippen LogP contribution < -0.4 is 0 Å². The molecule has 0 fully saturated rings. The summed E-state index contributed by atoms with van der Waals surface area (Å²) in [6.07, 6.45) is 0.398. The number of benzene rings is 1. The summed E-state index contributed by atoms with van der Waals surface area (Å²) in [7, 11) is 1.99. The van der Waals surface area contributed by atoms with E-state index in [1.807, 2.05) is 32.2 Å². The van der Waals surface area contributed by atoms with Gasteiger partial charge in [-0.15, -0.1) is 0 Å². The zero-order valence-corrected chi connectivity index (χ0v) is 13.1. The van der Waals surface area contributed by atoms with Gasteiger partial charge < -0.3 is 9.67 Å². The number of fused-ring (bicyclic) bond motifs is 3. The SMILES string of the molecule is CC1=C(I)Cc2c(n(C)c3cc(Cl)ccc23)C1O. The Kier molecular flexibility index (Phi) is 2.95. The van der Waals surface area contributed by atoms with Crippen molar-refractivity contribution in [1.82, 2.24) is 4.57 Å². The number of aryl methyl sites for hydroxylation is 1. The van der Waals surface area contributed by atoms with E-state index in [4.69, 9.17) is 11.6 Å². The Labute approximate surface area is 124 Å². The van der Waals surface area contributed by atoms with Crippen LogP contribution in [0.25, 0.3) is 10.9 Å². The molecule has 2 nitrogen and oxygen atoms in total. The summed E-state index contributed by atoms with van der Waals surface area (Å²) in [6.45, 7) is 2.00. The monoisotopic (exact) mass is 373 g/mol. The molecule has 4 heteroatoms. The Morgan fingerprint density at radius 1 is 1.44 bits per heavy atom. The van der Waals surface area contributed by atoms with Crippen LogP contribution in [0.15, 0.2) is 27.4 Å². The van der Waals surface area contributed by atoms with Gasteiger partial charge in [0.25, 0.3) is 0 Å². The highest BCUT2D eigenvalue weighted by Crippen LogP contribution is 2.41. The van der Waals surface area contributed by atoms with Crippen molar-refractivity contribution < 1.29 is 5.11 Å². The zero-order chi connectivity index (χ0) is 13.0. The molecule has 1 unspecified atom stereocenters. The van der Waals surface area contributed by atoms with Crippen LogP contribution in [0, 0.1) is 0 Å². The van der Waals surface area contributed by atoms with Crippen LogP contribution in [-0.4, -0.2) is 9.67 Å². The van der Waals surface area contributed by atoms with E-state index in [1.165, 1.54) is 14.5 Å². The fraction of sp³-hybridized carbons (Fsp3) is 0.286. The van der Waals surface area contributed by atoms with Gasteiger partial charge >= 0.3 is 0 Å². The van der Waals surface area contributed by atoms with Crippen molar-refractivity contribution in [3.05, 3.63) is 43.6 Å². The van der Waals surface area contributed by atoms with Crippen molar-refractivity contribution in [2.45, 2.75) is 19.4 Å². The average Bonchev–Trinajstić information content (AvgIpc) is 2.60. The third kappa shape index (κ3) is 1.64. The van der Waals surface area contributed by atoms with Gasteiger partial charge in [0.2, 0.25) is 0 Å². The molecular formula is C14H13ClINO. The summed E-state index contributed by atoms with van der Waals surface area (Å²) in [6, 6.07) is 5.92. The van der Waals surface area contributed by atoms with Gasteiger partial charge in [-0.3, -0.25) is 0 Å². The van der Waals surface area contributed by atoms with Crippen LogP contribution in [0.4, 0.5) is 0 Å². The number of rotatable bonds is 0. The number of nitrogens with zero attached hydrogens (tertiary/aromatic N) is 1. The summed E-state index contributed by atoms with van der Waals surface area (Å²) in [5.74, 6) is 0. The molecule has 18 heavy (non-hydrogen) atoms. The fourth-order valence-corrected chi connectivity index (χ4v) is 3.53. The summed E-state index contributed by atoms with van der Waals surface area (Å²) >= 11 is 8.39. The minimum atomic E-state index is -0.503. The van der Waals surface area contributed by atoms with Gasteiger partial charge in [0.05, 0.1) is 5.69 Å². The Morgan fingerprint density at radius 2 is 2.17 bits per heavy atom. The second-order valence-electron chi connectivity index (χ2n) is 4.75. The van der Waals surface area contributed by atoms with E-state index in [0.717, 1.165) is 28.2 Å². The van der Waals surface area contributed by atoms with E-state index in [-0.39, 0.29) is 0 Å². The van der Waals surface area contributed by atoms with Gasteiger partial charge in [-0.1, -0.05) is 17.7 Å². The first-order chi connectivity index (χ1) is 8.50. The van der Waals surface area contributed by atoms with E-state index in [1.54, 1.807) is 0 Å². The Morgan fingerprint density at radius 3 is 2.89 bits per heavy atom. The summed E-state index contributed by atoms with van der Waals surface area (Å²) in [4.78, 5) is 0. The molecule has 1 aromatic heterocycles. The zero-order valence-electron chi connectivity index (χ0n) is 10.2. The number of aliphatic hydroxyl groups excluding tert-OH is 1. The van der Waals surface area contributed by atoms with Gasteiger partial charge in [-0.25, -0.2) is 0 Å². The van der Waals surface area contributed by atoms with Crippen LogP contribution in [0.3, 0.4) is 0 Å². The first-order valence-corrected chi connectivity index (χ1v) is 7.26. The number of aromatic nitrogens is 1. The van der Waals surface area contributed by atoms with Crippen molar-refractivity contribution >= 4 is 45.1 Å². The van der Waals surface area contributed by atoms with Crippen LogP contribution in [0.5, 0.6) is 0 Å². The van der Waals surface area contributed by atoms with Gasteiger partial charge in [-0.2, -0.15) is 0 Å². The average molecular weight is 374 g/mol. The molecule has 3 rings (SSSR count). The second-order valence-corrected chi connectivity index (χ2v) is 6.49. The molecule has 94 valence electrons. The normalized spacial score (nSPS) is 19.5. The van der Waals surface area contributed by atoms with Gasteiger partial charge in [0, 0.05) is 29.4 Å². The molecule has 0 radical (unpaired) electrons. The lowest BCUT2D eigenvalue weighted by Gasteiger charge is -2.22. The standard InChI is InChI=1S/C14H13ClINO/c1-7-11(16)6-10-9-4-3-8(15)5-12(9)17(2)13(10)14(7)18/h3-5,14,18H,6H2,1-2H3. The van der Waals surface area contributed by atoms with Crippen LogP contribution in [-0.2, 0) is 13.5 Å². The molecule has 1 N–H and O–H groups in total. The van der Waals surface area contributed by atoms with Crippen molar-refractivity contribution in [2.24, 2.45) is 7.05 Å². The molecule has 1 aliphatic rings. The predicted molar refractivity (Wildman–Crippen MR) is 83.3 cm³/mol. The number of hydrogen-bond donors (Lipinski definition) is 1. The van der Waals surface area contributed by atoms with E-state index in [0.29, 0.717) is 0 Å². The van der Waals surface area contributed by atoms with Gasteiger partial charge in [0.15, 0.2) is 0 Å². The van der Waals surface area contributed by atoms with Gasteiger partial charge in [0.1, 0.15) is 6.10 Å². The van der Waals surface area contributed by atoms with E-state index in [2.05, 4.69) is 27.2 Å². The largest absolute Gasteiger partial charge is 0.382 e. The van der Waals surface area contributed by atoms with Crippen molar-refractivity contribution in [1.29, 1.82) is 0 Å². The molecule has 0 amide bonds. The highest BCUT2D eigenvalue weighted by atomic mass is 127. The molecule has 1 heterocycles. The quantitative estimate of drug-likeness (QED) is 0.690. The smallest absolute Gasteiger partial charge is 0.116 e. The van der Waals surface area contributed by atoms with E-state index >= 15 is 0 Å². The molecule has 0 saturated heterocycles. The highest BCUT2D eigenvalue weighted by Gasteiger charge is 2.28. The van der Waals surface area contributed by atoms with Crippen molar-refractivity contribution in [3.63, 3.8) is 0 Å². The second kappa shape index (κ2) is 4.25. The molecular weight excluding hydrogens is 361 g/mol. The van der Waals surface area contributed by atoms with E-state index in [9.17, 15) is 5.11 Å². The number of hydrogen-bond acceptors (Lipinski definition) is 1. The first-order valence-electron chi connectivity index (χ1n) is 5.80. The molecule has 2 aromatic rings. The number of allylic oxidation sites excluding steroid dienone is 1.